The molecule has 6 heteroatoms. The molecule has 0 atom stereocenters. The summed E-state index contributed by atoms with van der Waals surface area (Å²) in [4.78, 5) is 0. The van der Waals surface area contributed by atoms with Gasteiger partial charge >= 0.3 is 0 Å². The molecule has 0 heterocycles. The van der Waals surface area contributed by atoms with Crippen molar-refractivity contribution >= 4 is 0 Å². The molecule has 0 amide bonds. The Labute approximate surface area is 82.1 Å². The van der Waals surface area contributed by atoms with Crippen molar-refractivity contribution in [2.75, 3.05) is 0 Å². The maximum absolute atomic E-state index is 9.54. The smallest absolute Gasteiger partial charge is 0.286 e. The zero-order valence-corrected chi connectivity index (χ0v) is 8.68. The highest BCUT2D eigenvalue weighted by molar-refractivity contribution is 4.98. The molecule has 6 N–H and O–H groups in total. The molecule has 0 spiro atoms. The maximum atomic E-state index is 9.54. The fraction of sp³-hybridized carbons (Fsp3) is 1.00. The van der Waals surface area contributed by atoms with Crippen molar-refractivity contribution in [2.24, 2.45) is 5.41 Å². The van der Waals surface area contributed by atoms with Gasteiger partial charge in [0.1, 0.15) is 11.0 Å². The van der Waals surface area contributed by atoms with Gasteiger partial charge in [0.15, 0.2) is 0 Å². The quantitative estimate of drug-likeness (QED) is 0.302. The molecule has 0 bridgehead atoms. The highest BCUT2D eigenvalue weighted by Crippen LogP contribution is 2.42. The van der Waals surface area contributed by atoms with Gasteiger partial charge in [0.25, 0.3) is 5.97 Å². The van der Waals surface area contributed by atoms with Gasteiger partial charge in [-0.1, -0.05) is 0 Å². The Morgan fingerprint density at radius 1 is 0.643 bits per heavy atom. The molecule has 0 fully saturated rings. The van der Waals surface area contributed by atoms with Gasteiger partial charge in [-0.2, -0.15) is 0 Å². The summed E-state index contributed by atoms with van der Waals surface area (Å²) in [6, 6.07) is 0. The molecular formula is C8H18O6. The predicted molar refractivity (Wildman–Crippen MR) is 46.6 cm³/mol. The van der Waals surface area contributed by atoms with E-state index in [1.807, 2.05) is 0 Å². The van der Waals surface area contributed by atoms with E-state index in [2.05, 4.69) is 0 Å². The van der Waals surface area contributed by atoms with Crippen LogP contribution in [0.25, 0.3) is 0 Å². The summed E-state index contributed by atoms with van der Waals surface area (Å²) in [5, 5.41) is 55.3. The van der Waals surface area contributed by atoms with E-state index in [0.717, 1.165) is 27.7 Å². The molecule has 0 saturated carbocycles. The van der Waals surface area contributed by atoms with Gasteiger partial charge in [0.2, 0.25) is 5.79 Å². The Morgan fingerprint density at radius 3 is 1.00 bits per heavy atom. The first kappa shape index (κ1) is 13.8. The van der Waals surface area contributed by atoms with Crippen LogP contribution in [0, 0.1) is 5.41 Å². The lowest BCUT2D eigenvalue weighted by molar-refractivity contribution is -0.445. The van der Waals surface area contributed by atoms with E-state index >= 15 is 0 Å². The lowest BCUT2D eigenvalue weighted by Gasteiger charge is -2.48. The van der Waals surface area contributed by atoms with Crippen LogP contribution in [0.2, 0.25) is 0 Å². The average Bonchev–Trinajstić information content (AvgIpc) is 1.81. The molecule has 0 aliphatic heterocycles. The highest BCUT2D eigenvalue weighted by Gasteiger charge is 2.61. The summed E-state index contributed by atoms with van der Waals surface area (Å²) in [5.74, 6) is -6.20. The molecule has 0 aromatic carbocycles. The minimum absolute atomic E-state index is 0.991. The minimum atomic E-state index is -3.32. The predicted octanol–water partition coefficient (Wildman–Crippen LogP) is -1.90. The lowest BCUT2D eigenvalue weighted by Crippen LogP contribution is -2.67. The van der Waals surface area contributed by atoms with Gasteiger partial charge in [0.05, 0.1) is 0 Å². The third kappa shape index (κ3) is 1.90. The number of rotatable bonds is 3. The SMILES string of the molecule is CC(C)(O)C(O)(O)C(C)(C)C(O)(O)O. The summed E-state index contributed by atoms with van der Waals surface area (Å²) in [7, 11) is 0. The van der Waals surface area contributed by atoms with Gasteiger partial charge in [-0.3, -0.25) is 0 Å². The van der Waals surface area contributed by atoms with Gasteiger partial charge < -0.3 is 30.6 Å². The summed E-state index contributed by atoms with van der Waals surface area (Å²) >= 11 is 0. The van der Waals surface area contributed by atoms with Gasteiger partial charge in [-0.15, -0.1) is 0 Å². The van der Waals surface area contributed by atoms with Crippen molar-refractivity contribution in [2.45, 2.75) is 45.1 Å². The third-order valence-electron chi connectivity index (χ3n) is 2.56. The molecule has 0 aliphatic rings. The Morgan fingerprint density at radius 2 is 0.929 bits per heavy atom. The first-order valence-electron chi connectivity index (χ1n) is 4.09. The van der Waals surface area contributed by atoms with E-state index in [0.29, 0.717) is 0 Å². The van der Waals surface area contributed by atoms with Crippen LogP contribution in [-0.2, 0) is 0 Å². The summed E-state index contributed by atoms with van der Waals surface area (Å²) in [6.07, 6.45) is 0. The second kappa shape index (κ2) is 3.13. The van der Waals surface area contributed by atoms with Crippen molar-refractivity contribution in [3.8, 4) is 0 Å². The second-order valence-corrected chi connectivity index (χ2v) is 4.49. The van der Waals surface area contributed by atoms with Crippen LogP contribution >= 0.6 is 0 Å². The van der Waals surface area contributed by atoms with Crippen LogP contribution in [0.3, 0.4) is 0 Å². The summed E-state index contributed by atoms with van der Waals surface area (Å²) in [6.45, 7) is 4.12. The zero-order chi connectivity index (χ0) is 12.0. The molecule has 0 unspecified atom stereocenters. The molecule has 0 aromatic heterocycles. The standard InChI is InChI=1S/C8H18O6/c1-5(2,8(12,13)14)7(10,11)6(3,4)9/h9-14H,1-4H3. The van der Waals surface area contributed by atoms with Crippen LogP contribution < -0.4 is 0 Å². The third-order valence-corrected chi connectivity index (χ3v) is 2.56. The first-order valence-corrected chi connectivity index (χ1v) is 4.09. The van der Waals surface area contributed by atoms with Crippen molar-refractivity contribution in [3.05, 3.63) is 0 Å². The van der Waals surface area contributed by atoms with E-state index in [1.165, 1.54) is 0 Å². The molecule has 0 aliphatic carbocycles. The van der Waals surface area contributed by atoms with E-state index in [9.17, 15) is 15.3 Å². The van der Waals surface area contributed by atoms with E-state index in [4.69, 9.17) is 15.3 Å². The number of hydrogen-bond acceptors (Lipinski definition) is 6. The van der Waals surface area contributed by atoms with Gasteiger partial charge in [-0.25, -0.2) is 0 Å². The van der Waals surface area contributed by atoms with E-state index in [1.54, 1.807) is 0 Å². The largest absolute Gasteiger partial charge is 0.385 e. The van der Waals surface area contributed by atoms with Crippen LogP contribution in [-0.4, -0.2) is 48.0 Å². The number of hydrogen-bond donors (Lipinski definition) is 6. The van der Waals surface area contributed by atoms with Crippen LogP contribution in [0.4, 0.5) is 0 Å². The van der Waals surface area contributed by atoms with Crippen molar-refractivity contribution in [1.82, 2.24) is 0 Å². The fourth-order valence-corrected chi connectivity index (χ4v) is 0.999. The summed E-state index contributed by atoms with van der Waals surface area (Å²) in [5.41, 5.74) is -4.19. The van der Waals surface area contributed by atoms with Crippen molar-refractivity contribution in [3.63, 3.8) is 0 Å². The number of aliphatic hydroxyl groups is 6. The Hall–Kier alpha value is -0.240. The molecule has 86 valence electrons. The van der Waals surface area contributed by atoms with Crippen LogP contribution in [0.15, 0.2) is 0 Å². The zero-order valence-electron chi connectivity index (χ0n) is 8.68. The molecule has 0 aromatic rings. The molecule has 0 radical (unpaired) electrons. The van der Waals surface area contributed by atoms with Gasteiger partial charge in [0, 0.05) is 0 Å². The fourth-order valence-electron chi connectivity index (χ4n) is 0.999. The van der Waals surface area contributed by atoms with E-state index in [-0.39, 0.29) is 0 Å². The van der Waals surface area contributed by atoms with Crippen molar-refractivity contribution in [1.29, 1.82) is 0 Å². The Balaban J connectivity index is 5.30. The molecule has 14 heavy (non-hydrogen) atoms. The molecular weight excluding hydrogens is 192 g/mol. The Kier molecular flexibility index (Phi) is 3.07. The topological polar surface area (TPSA) is 121 Å². The van der Waals surface area contributed by atoms with E-state index < -0.39 is 22.8 Å². The minimum Gasteiger partial charge on any atom is -0.385 e. The monoisotopic (exact) mass is 210 g/mol. The average molecular weight is 210 g/mol. The maximum Gasteiger partial charge on any atom is 0.286 e. The molecule has 0 rings (SSSR count). The lowest BCUT2D eigenvalue weighted by atomic mass is 9.73. The second-order valence-electron chi connectivity index (χ2n) is 4.49. The summed E-state index contributed by atoms with van der Waals surface area (Å²) < 4.78 is 0. The molecule has 6 nitrogen and oxygen atoms in total. The normalized spacial score (nSPS) is 15.9. The van der Waals surface area contributed by atoms with Crippen LogP contribution in [0.5, 0.6) is 0 Å². The highest BCUT2D eigenvalue weighted by atomic mass is 16.7. The first-order chi connectivity index (χ1) is 5.75. The van der Waals surface area contributed by atoms with Crippen molar-refractivity contribution < 1.29 is 30.6 Å². The molecule has 0 saturated heterocycles. The van der Waals surface area contributed by atoms with Gasteiger partial charge in [-0.05, 0) is 27.7 Å². The van der Waals surface area contributed by atoms with Crippen LogP contribution in [0.1, 0.15) is 27.7 Å². The Bertz CT molecular complexity index is 183.